The molecule has 0 aliphatic carbocycles. The van der Waals surface area contributed by atoms with Gasteiger partial charge in [0.05, 0.1) is 11.5 Å². The van der Waals surface area contributed by atoms with Gasteiger partial charge in [-0.25, -0.2) is 4.79 Å². The van der Waals surface area contributed by atoms with Gasteiger partial charge in [-0.2, -0.15) is 0 Å². The smallest absolute Gasteiger partial charge is 0.328 e. The highest BCUT2D eigenvalue weighted by atomic mass is 35.5. The average molecular weight is 421 g/mol. The topological polar surface area (TPSA) is 49.9 Å². The van der Waals surface area contributed by atoms with E-state index < -0.39 is 6.04 Å². The molecule has 2 heterocycles. The lowest BCUT2D eigenvalue weighted by atomic mass is 10.0. The SMILES string of the molecule is CCOC(=O)C(c1ccc(Cl)cc1)N1CCN(C(=O)c2cc(C)c(C)s2)CC1. The first kappa shape index (κ1) is 20.8. The van der Waals surface area contributed by atoms with Gasteiger partial charge in [-0.05, 0) is 50.1 Å². The summed E-state index contributed by atoms with van der Waals surface area (Å²) in [4.78, 5) is 31.3. The van der Waals surface area contributed by atoms with Crippen LogP contribution in [0.25, 0.3) is 0 Å². The van der Waals surface area contributed by atoms with E-state index in [4.69, 9.17) is 16.3 Å². The second-order valence-corrected chi connectivity index (χ2v) is 8.58. The molecule has 0 bridgehead atoms. The van der Waals surface area contributed by atoms with E-state index in [1.807, 2.05) is 36.9 Å². The molecule has 1 aliphatic rings. The second-order valence-electron chi connectivity index (χ2n) is 6.88. The lowest BCUT2D eigenvalue weighted by molar-refractivity contribution is -0.150. The fourth-order valence-electron chi connectivity index (χ4n) is 3.38. The van der Waals surface area contributed by atoms with Gasteiger partial charge in [-0.3, -0.25) is 9.69 Å². The molecule has 2 aromatic rings. The van der Waals surface area contributed by atoms with E-state index >= 15 is 0 Å². The molecule has 1 unspecified atom stereocenters. The molecule has 0 N–H and O–H groups in total. The van der Waals surface area contributed by atoms with Crippen molar-refractivity contribution in [2.45, 2.75) is 26.8 Å². The summed E-state index contributed by atoms with van der Waals surface area (Å²) >= 11 is 7.54. The number of hydrogen-bond donors (Lipinski definition) is 0. The summed E-state index contributed by atoms with van der Waals surface area (Å²) in [6.45, 7) is 8.58. The Morgan fingerprint density at radius 1 is 1.14 bits per heavy atom. The molecule has 1 aromatic heterocycles. The Balaban J connectivity index is 1.71. The van der Waals surface area contributed by atoms with Gasteiger partial charge in [0, 0.05) is 36.1 Å². The first-order valence-corrected chi connectivity index (χ1v) is 10.6. The van der Waals surface area contributed by atoms with Crippen molar-refractivity contribution in [2.24, 2.45) is 0 Å². The number of nitrogens with zero attached hydrogens (tertiary/aromatic N) is 2. The van der Waals surface area contributed by atoms with Crippen molar-refractivity contribution in [1.29, 1.82) is 0 Å². The molecule has 1 atom stereocenters. The van der Waals surface area contributed by atoms with E-state index in [9.17, 15) is 9.59 Å². The van der Waals surface area contributed by atoms with Crippen molar-refractivity contribution in [3.63, 3.8) is 0 Å². The minimum absolute atomic E-state index is 0.0695. The first-order valence-electron chi connectivity index (χ1n) is 9.43. The molecule has 1 aromatic carbocycles. The molecule has 0 radical (unpaired) electrons. The molecule has 3 rings (SSSR count). The third kappa shape index (κ3) is 4.57. The Hall–Kier alpha value is -1.89. The van der Waals surface area contributed by atoms with Crippen LogP contribution in [0.2, 0.25) is 5.02 Å². The van der Waals surface area contributed by atoms with Crippen LogP contribution in [0.3, 0.4) is 0 Å². The quantitative estimate of drug-likeness (QED) is 0.684. The minimum Gasteiger partial charge on any atom is -0.465 e. The van der Waals surface area contributed by atoms with Gasteiger partial charge >= 0.3 is 5.97 Å². The van der Waals surface area contributed by atoms with Crippen molar-refractivity contribution >= 4 is 34.8 Å². The molecular weight excluding hydrogens is 396 g/mol. The van der Waals surface area contributed by atoms with Crippen LogP contribution in [0.15, 0.2) is 30.3 Å². The molecule has 1 aliphatic heterocycles. The second kappa shape index (κ2) is 9.07. The summed E-state index contributed by atoms with van der Waals surface area (Å²) in [5.41, 5.74) is 2.00. The number of hydrogen-bond acceptors (Lipinski definition) is 5. The standard InChI is InChI=1S/C21H25ClN2O3S/c1-4-27-21(26)19(16-5-7-17(22)8-6-16)23-9-11-24(12-10-23)20(25)18-13-14(2)15(3)28-18/h5-8,13,19H,4,9-12H2,1-3H3. The van der Waals surface area contributed by atoms with Crippen LogP contribution < -0.4 is 0 Å². The van der Waals surface area contributed by atoms with E-state index in [0.717, 1.165) is 16.0 Å². The van der Waals surface area contributed by atoms with Gasteiger partial charge in [0.15, 0.2) is 0 Å². The van der Waals surface area contributed by atoms with Crippen LogP contribution in [0.4, 0.5) is 0 Å². The van der Waals surface area contributed by atoms with Crippen molar-refractivity contribution in [2.75, 3.05) is 32.8 Å². The van der Waals surface area contributed by atoms with E-state index in [2.05, 4.69) is 4.90 Å². The maximum atomic E-state index is 12.8. The lowest BCUT2D eigenvalue weighted by Crippen LogP contribution is -2.51. The highest BCUT2D eigenvalue weighted by Gasteiger charge is 2.33. The van der Waals surface area contributed by atoms with E-state index in [1.54, 1.807) is 30.4 Å². The molecular formula is C21H25ClN2O3S. The van der Waals surface area contributed by atoms with Crippen LogP contribution >= 0.6 is 22.9 Å². The highest BCUT2D eigenvalue weighted by molar-refractivity contribution is 7.14. The Morgan fingerprint density at radius 3 is 2.32 bits per heavy atom. The zero-order valence-corrected chi connectivity index (χ0v) is 18.0. The van der Waals surface area contributed by atoms with Crippen molar-refractivity contribution in [3.05, 3.63) is 56.2 Å². The van der Waals surface area contributed by atoms with Crippen molar-refractivity contribution in [3.8, 4) is 0 Å². The van der Waals surface area contributed by atoms with Crippen LogP contribution in [-0.2, 0) is 9.53 Å². The molecule has 1 fully saturated rings. The number of thiophene rings is 1. The van der Waals surface area contributed by atoms with Crippen LogP contribution in [-0.4, -0.2) is 54.5 Å². The molecule has 0 saturated carbocycles. The van der Waals surface area contributed by atoms with Crippen molar-refractivity contribution < 1.29 is 14.3 Å². The third-order valence-corrected chi connectivity index (χ3v) is 6.43. The normalized spacial score (nSPS) is 16.1. The number of amides is 1. The molecule has 0 spiro atoms. The van der Waals surface area contributed by atoms with E-state index in [0.29, 0.717) is 37.8 Å². The summed E-state index contributed by atoms with van der Waals surface area (Å²) in [5, 5.41) is 0.628. The summed E-state index contributed by atoms with van der Waals surface area (Å²) in [7, 11) is 0. The lowest BCUT2D eigenvalue weighted by Gasteiger charge is -2.38. The summed E-state index contributed by atoms with van der Waals surface area (Å²) < 4.78 is 5.31. The summed E-state index contributed by atoms with van der Waals surface area (Å²) in [6.07, 6.45) is 0. The van der Waals surface area contributed by atoms with Gasteiger partial charge in [0.2, 0.25) is 0 Å². The number of rotatable bonds is 5. The number of benzene rings is 1. The third-order valence-electron chi connectivity index (χ3n) is 5.04. The van der Waals surface area contributed by atoms with Gasteiger partial charge in [0.25, 0.3) is 5.91 Å². The number of aryl methyl sites for hydroxylation is 2. The molecule has 28 heavy (non-hydrogen) atoms. The Bertz CT molecular complexity index is 822. The van der Waals surface area contributed by atoms with Gasteiger partial charge < -0.3 is 9.64 Å². The maximum Gasteiger partial charge on any atom is 0.328 e. The van der Waals surface area contributed by atoms with Crippen molar-refractivity contribution in [1.82, 2.24) is 9.80 Å². The number of ether oxygens (including phenoxy) is 1. The molecule has 7 heteroatoms. The largest absolute Gasteiger partial charge is 0.465 e. The minimum atomic E-state index is -0.485. The fraction of sp³-hybridized carbons (Fsp3) is 0.429. The molecule has 5 nitrogen and oxygen atoms in total. The van der Waals surface area contributed by atoms with Crippen LogP contribution in [0.1, 0.15) is 38.6 Å². The Labute approximate surface area is 174 Å². The number of carbonyl (C=O) groups is 2. The Kier molecular flexibility index (Phi) is 6.75. The maximum absolute atomic E-state index is 12.8. The van der Waals surface area contributed by atoms with Gasteiger partial charge in [-0.15, -0.1) is 11.3 Å². The predicted molar refractivity (Wildman–Crippen MR) is 112 cm³/mol. The fourth-order valence-corrected chi connectivity index (χ4v) is 4.51. The molecule has 1 amide bonds. The van der Waals surface area contributed by atoms with Crippen LogP contribution in [0.5, 0.6) is 0 Å². The average Bonchev–Trinajstić information content (AvgIpc) is 3.02. The van der Waals surface area contributed by atoms with Gasteiger partial charge in [0.1, 0.15) is 6.04 Å². The summed E-state index contributed by atoms with van der Waals surface area (Å²) in [5.74, 6) is -0.200. The number of carbonyl (C=O) groups excluding carboxylic acids is 2. The number of esters is 1. The van der Waals surface area contributed by atoms with E-state index in [1.165, 1.54) is 4.88 Å². The monoisotopic (exact) mass is 420 g/mol. The predicted octanol–water partition coefficient (Wildman–Crippen LogP) is 4.08. The van der Waals surface area contributed by atoms with E-state index in [-0.39, 0.29) is 11.9 Å². The molecule has 150 valence electrons. The zero-order chi connectivity index (χ0) is 20.3. The highest BCUT2D eigenvalue weighted by Crippen LogP contribution is 2.27. The van der Waals surface area contributed by atoms with Crippen LogP contribution in [0, 0.1) is 13.8 Å². The zero-order valence-electron chi connectivity index (χ0n) is 16.4. The first-order chi connectivity index (χ1) is 13.4. The van der Waals surface area contributed by atoms with Gasteiger partial charge in [-0.1, -0.05) is 23.7 Å². The number of piperazine rings is 1. The Morgan fingerprint density at radius 2 is 1.79 bits per heavy atom. The number of halogens is 1. The molecule has 1 saturated heterocycles. The summed E-state index contributed by atoms with van der Waals surface area (Å²) in [6, 6.07) is 8.76.